The molecule has 5 nitrogen and oxygen atoms in total. The van der Waals surface area contributed by atoms with Gasteiger partial charge in [0.25, 0.3) is 5.91 Å². The highest BCUT2D eigenvalue weighted by molar-refractivity contribution is 5.94. The number of carbonyl (C=O) groups is 2. The Morgan fingerprint density at radius 1 is 1.52 bits per heavy atom. The molecule has 110 valence electrons. The average molecular weight is 285 g/mol. The number of aryl methyl sites for hydroxylation is 1. The summed E-state index contributed by atoms with van der Waals surface area (Å²) in [6.45, 7) is 3.06. The highest BCUT2D eigenvalue weighted by atomic mass is 16.2. The van der Waals surface area contributed by atoms with Crippen LogP contribution < -0.4 is 5.32 Å². The monoisotopic (exact) mass is 285 g/mol. The fraction of sp³-hybridized carbons (Fsp3) is 0.438. The van der Waals surface area contributed by atoms with E-state index in [1.54, 1.807) is 17.2 Å². The maximum absolute atomic E-state index is 12.3. The Kier molecular flexibility index (Phi) is 4.94. The Balaban J connectivity index is 1.87. The minimum atomic E-state index is -0.0516. The van der Waals surface area contributed by atoms with Gasteiger partial charge in [-0.3, -0.25) is 14.6 Å². The van der Waals surface area contributed by atoms with Crippen LogP contribution in [-0.4, -0.2) is 40.8 Å². The van der Waals surface area contributed by atoms with E-state index in [9.17, 15) is 9.59 Å². The van der Waals surface area contributed by atoms with E-state index in [2.05, 4.69) is 16.2 Å². The molecule has 0 bridgehead atoms. The highest BCUT2D eigenvalue weighted by Crippen LogP contribution is 2.13. The van der Waals surface area contributed by atoms with Crippen LogP contribution >= 0.6 is 0 Å². The molecule has 2 amide bonds. The molecule has 5 heteroatoms. The second kappa shape index (κ2) is 6.89. The smallest absolute Gasteiger partial charge is 0.255 e. The minimum absolute atomic E-state index is 0.0117. The van der Waals surface area contributed by atoms with E-state index in [4.69, 9.17) is 6.42 Å². The van der Waals surface area contributed by atoms with Crippen molar-refractivity contribution in [2.45, 2.75) is 32.2 Å². The first-order chi connectivity index (χ1) is 10.1. The predicted octanol–water partition coefficient (Wildman–Crippen LogP) is 1.13. The molecule has 1 fully saturated rings. The second-order valence-electron chi connectivity index (χ2n) is 5.20. The maximum atomic E-state index is 12.3. The maximum Gasteiger partial charge on any atom is 0.255 e. The lowest BCUT2D eigenvalue weighted by Crippen LogP contribution is -2.38. The summed E-state index contributed by atoms with van der Waals surface area (Å²) < 4.78 is 0. The summed E-state index contributed by atoms with van der Waals surface area (Å²) in [5.41, 5.74) is 1.46. The number of rotatable bonds is 4. The first-order valence-corrected chi connectivity index (χ1v) is 7.05. The molecule has 0 unspecified atom stereocenters. The molecule has 1 aliphatic heterocycles. The standard InChI is InChI=1S/C16H19N3O2/c1-3-4-5-15(20)18-14-8-9-19(11-14)16(21)13-7-6-12(2)17-10-13/h1,6-7,10,14H,4-5,8-9,11H2,2H3,(H,18,20)/t14-/m1/s1. The molecule has 1 aromatic rings. The highest BCUT2D eigenvalue weighted by Gasteiger charge is 2.27. The van der Waals surface area contributed by atoms with Crippen molar-refractivity contribution < 1.29 is 9.59 Å². The van der Waals surface area contributed by atoms with Gasteiger partial charge in [0.2, 0.25) is 5.91 Å². The fourth-order valence-electron chi connectivity index (χ4n) is 2.32. The summed E-state index contributed by atoms with van der Waals surface area (Å²) in [5.74, 6) is 2.35. The topological polar surface area (TPSA) is 62.3 Å². The van der Waals surface area contributed by atoms with Crippen molar-refractivity contribution in [2.24, 2.45) is 0 Å². The van der Waals surface area contributed by atoms with Gasteiger partial charge in [0.05, 0.1) is 5.56 Å². The van der Waals surface area contributed by atoms with Gasteiger partial charge in [-0.2, -0.15) is 0 Å². The normalized spacial score (nSPS) is 17.3. The van der Waals surface area contributed by atoms with Crippen LogP contribution in [0.5, 0.6) is 0 Å². The Morgan fingerprint density at radius 2 is 2.33 bits per heavy atom. The summed E-state index contributed by atoms with van der Waals surface area (Å²) in [7, 11) is 0. The quantitative estimate of drug-likeness (QED) is 0.844. The van der Waals surface area contributed by atoms with Crippen LogP contribution in [0.3, 0.4) is 0 Å². The van der Waals surface area contributed by atoms with Crippen LogP contribution in [0.15, 0.2) is 18.3 Å². The van der Waals surface area contributed by atoms with Crippen molar-refractivity contribution in [1.82, 2.24) is 15.2 Å². The first kappa shape index (κ1) is 15.0. The fourth-order valence-corrected chi connectivity index (χ4v) is 2.32. The van der Waals surface area contributed by atoms with Crippen LogP contribution in [0, 0.1) is 19.3 Å². The van der Waals surface area contributed by atoms with Gasteiger partial charge in [0.15, 0.2) is 0 Å². The van der Waals surface area contributed by atoms with Crippen LogP contribution in [0.25, 0.3) is 0 Å². The zero-order chi connectivity index (χ0) is 15.2. The van der Waals surface area contributed by atoms with Crippen molar-refractivity contribution in [2.75, 3.05) is 13.1 Å². The molecular formula is C16H19N3O2. The lowest BCUT2D eigenvalue weighted by molar-refractivity contribution is -0.121. The molecule has 2 rings (SSSR count). The summed E-state index contributed by atoms with van der Waals surface area (Å²) in [6.07, 6.45) is 8.27. The molecule has 1 aliphatic rings. The van der Waals surface area contributed by atoms with E-state index < -0.39 is 0 Å². The third kappa shape index (κ3) is 4.06. The number of pyridine rings is 1. The number of amides is 2. The van der Waals surface area contributed by atoms with Gasteiger partial charge in [-0.05, 0) is 25.5 Å². The minimum Gasteiger partial charge on any atom is -0.351 e. The van der Waals surface area contributed by atoms with Crippen molar-refractivity contribution in [3.05, 3.63) is 29.6 Å². The Hall–Kier alpha value is -2.35. The Labute approximate surface area is 124 Å². The molecule has 0 saturated carbocycles. The molecule has 1 saturated heterocycles. The van der Waals surface area contributed by atoms with Crippen LogP contribution in [-0.2, 0) is 4.79 Å². The predicted molar refractivity (Wildman–Crippen MR) is 79.5 cm³/mol. The van der Waals surface area contributed by atoms with E-state index in [0.717, 1.165) is 12.1 Å². The van der Waals surface area contributed by atoms with Gasteiger partial charge in [-0.1, -0.05) is 0 Å². The zero-order valence-electron chi connectivity index (χ0n) is 12.1. The average Bonchev–Trinajstić information content (AvgIpc) is 2.93. The van der Waals surface area contributed by atoms with Gasteiger partial charge in [-0.25, -0.2) is 0 Å². The Morgan fingerprint density at radius 3 is 3.00 bits per heavy atom. The largest absolute Gasteiger partial charge is 0.351 e. The number of terminal acetylenes is 1. The van der Waals surface area contributed by atoms with Crippen molar-refractivity contribution >= 4 is 11.8 Å². The number of hydrogen-bond acceptors (Lipinski definition) is 3. The van der Waals surface area contributed by atoms with E-state index >= 15 is 0 Å². The summed E-state index contributed by atoms with van der Waals surface area (Å²) in [6, 6.07) is 3.61. The van der Waals surface area contributed by atoms with Crippen molar-refractivity contribution in [1.29, 1.82) is 0 Å². The van der Waals surface area contributed by atoms with E-state index in [1.165, 1.54) is 0 Å². The van der Waals surface area contributed by atoms with E-state index in [-0.39, 0.29) is 17.9 Å². The van der Waals surface area contributed by atoms with Gasteiger partial charge in [0, 0.05) is 43.9 Å². The van der Waals surface area contributed by atoms with Crippen LogP contribution in [0.1, 0.15) is 35.3 Å². The second-order valence-corrected chi connectivity index (χ2v) is 5.20. The molecule has 0 spiro atoms. The van der Waals surface area contributed by atoms with Crippen molar-refractivity contribution in [3.8, 4) is 12.3 Å². The molecule has 0 radical (unpaired) electrons. The molecule has 2 heterocycles. The van der Waals surface area contributed by atoms with Gasteiger partial charge in [-0.15, -0.1) is 12.3 Å². The number of likely N-dealkylation sites (tertiary alicyclic amines) is 1. The summed E-state index contributed by atoms with van der Waals surface area (Å²) in [5, 5.41) is 2.92. The number of aromatic nitrogens is 1. The number of hydrogen-bond donors (Lipinski definition) is 1. The molecule has 1 N–H and O–H groups in total. The number of nitrogens with one attached hydrogen (secondary N) is 1. The summed E-state index contributed by atoms with van der Waals surface area (Å²) in [4.78, 5) is 29.8. The number of carbonyl (C=O) groups excluding carboxylic acids is 2. The summed E-state index contributed by atoms with van der Waals surface area (Å²) >= 11 is 0. The van der Waals surface area contributed by atoms with E-state index in [0.29, 0.717) is 31.5 Å². The molecule has 0 aliphatic carbocycles. The molecule has 1 atom stereocenters. The van der Waals surface area contributed by atoms with Crippen LogP contribution in [0.4, 0.5) is 0 Å². The lowest BCUT2D eigenvalue weighted by Gasteiger charge is -2.17. The van der Waals surface area contributed by atoms with Gasteiger partial charge >= 0.3 is 0 Å². The molecular weight excluding hydrogens is 266 g/mol. The molecule has 0 aromatic carbocycles. The van der Waals surface area contributed by atoms with Gasteiger partial charge in [0.1, 0.15) is 0 Å². The Bertz CT molecular complexity index is 560. The zero-order valence-corrected chi connectivity index (χ0v) is 12.1. The molecule has 1 aromatic heterocycles. The molecule has 21 heavy (non-hydrogen) atoms. The first-order valence-electron chi connectivity index (χ1n) is 7.05. The van der Waals surface area contributed by atoms with Crippen molar-refractivity contribution in [3.63, 3.8) is 0 Å². The van der Waals surface area contributed by atoms with Crippen LogP contribution in [0.2, 0.25) is 0 Å². The lowest BCUT2D eigenvalue weighted by atomic mass is 10.2. The van der Waals surface area contributed by atoms with Gasteiger partial charge < -0.3 is 10.2 Å². The third-order valence-corrected chi connectivity index (χ3v) is 3.50. The number of nitrogens with zero attached hydrogens (tertiary/aromatic N) is 2. The third-order valence-electron chi connectivity index (χ3n) is 3.50. The van der Waals surface area contributed by atoms with E-state index in [1.807, 2.05) is 13.0 Å². The SMILES string of the molecule is C#CCCC(=O)N[C@@H]1CCN(C(=O)c2ccc(C)nc2)C1.